The number of imidazole rings is 1. The van der Waals surface area contributed by atoms with Crippen LogP contribution in [0.25, 0.3) is 11.0 Å². The van der Waals surface area contributed by atoms with Gasteiger partial charge in [0.05, 0.1) is 17.6 Å². The van der Waals surface area contributed by atoms with Gasteiger partial charge >= 0.3 is 0 Å². The molecule has 1 aromatic carbocycles. The van der Waals surface area contributed by atoms with Crippen LogP contribution in [-0.4, -0.2) is 16.1 Å². The highest BCUT2D eigenvalue weighted by atomic mass is 19.1. The molecule has 3 rings (SSSR count). The van der Waals surface area contributed by atoms with Crippen molar-refractivity contribution in [1.29, 1.82) is 0 Å². The van der Waals surface area contributed by atoms with Crippen molar-refractivity contribution in [1.82, 2.24) is 14.9 Å². The molecule has 2 aromatic rings. The van der Waals surface area contributed by atoms with E-state index in [9.17, 15) is 4.39 Å². The van der Waals surface area contributed by atoms with Crippen molar-refractivity contribution >= 4 is 11.0 Å². The Kier molecular flexibility index (Phi) is 3.04. The molecule has 3 nitrogen and oxygen atoms in total. The first-order valence-corrected chi connectivity index (χ1v) is 6.63. The average molecular weight is 247 g/mol. The van der Waals surface area contributed by atoms with Crippen LogP contribution >= 0.6 is 0 Å². The molecule has 1 N–H and O–H groups in total. The van der Waals surface area contributed by atoms with Crippen LogP contribution in [0.5, 0.6) is 0 Å². The second-order valence-electron chi connectivity index (χ2n) is 4.98. The lowest BCUT2D eigenvalue weighted by atomic mass is 10.3. The van der Waals surface area contributed by atoms with Crippen molar-refractivity contribution < 1.29 is 4.39 Å². The summed E-state index contributed by atoms with van der Waals surface area (Å²) in [5.74, 6) is 1.64. The standard InChI is InChI=1S/C14H18FN3/c1-2-18-13-6-5-11(15)7-12(13)17-14(18)9-16-8-10-3-4-10/h5-7,10,16H,2-4,8-9H2,1H3. The zero-order chi connectivity index (χ0) is 12.5. The normalized spacial score (nSPS) is 15.4. The maximum atomic E-state index is 13.2. The third-order valence-electron chi connectivity index (χ3n) is 3.52. The maximum absolute atomic E-state index is 13.2. The molecule has 0 amide bonds. The molecule has 0 saturated heterocycles. The van der Waals surface area contributed by atoms with E-state index in [1.807, 2.05) is 6.07 Å². The molecule has 18 heavy (non-hydrogen) atoms. The van der Waals surface area contributed by atoms with E-state index in [4.69, 9.17) is 0 Å². The quantitative estimate of drug-likeness (QED) is 0.880. The molecule has 4 heteroatoms. The first-order chi connectivity index (χ1) is 8.78. The number of fused-ring (bicyclic) bond motifs is 1. The molecular weight excluding hydrogens is 229 g/mol. The summed E-state index contributed by atoms with van der Waals surface area (Å²) in [6, 6.07) is 4.81. The Labute approximate surface area is 106 Å². The second-order valence-corrected chi connectivity index (χ2v) is 4.98. The second kappa shape index (κ2) is 4.69. The molecule has 1 saturated carbocycles. The number of benzene rings is 1. The molecule has 1 aliphatic carbocycles. The number of aryl methyl sites for hydroxylation is 1. The maximum Gasteiger partial charge on any atom is 0.125 e. The lowest BCUT2D eigenvalue weighted by molar-refractivity contribution is 0.594. The van der Waals surface area contributed by atoms with Crippen LogP contribution in [0.4, 0.5) is 4.39 Å². The Morgan fingerprint density at radius 3 is 3.00 bits per heavy atom. The fourth-order valence-corrected chi connectivity index (χ4v) is 2.35. The third-order valence-corrected chi connectivity index (χ3v) is 3.52. The minimum Gasteiger partial charge on any atom is -0.327 e. The summed E-state index contributed by atoms with van der Waals surface area (Å²) < 4.78 is 15.3. The summed E-state index contributed by atoms with van der Waals surface area (Å²) in [5.41, 5.74) is 1.77. The smallest absolute Gasteiger partial charge is 0.125 e. The van der Waals surface area contributed by atoms with Gasteiger partial charge in [-0.05, 0) is 44.4 Å². The molecule has 1 fully saturated rings. The number of hydrogen-bond donors (Lipinski definition) is 1. The van der Waals surface area contributed by atoms with E-state index in [-0.39, 0.29) is 5.82 Å². The van der Waals surface area contributed by atoms with Gasteiger partial charge in [-0.3, -0.25) is 0 Å². The molecule has 1 aliphatic rings. The Morgan fingerprint density at radius 2 is 2.28 bits per heavy atom. The van der Waals surface area contributed by atoms with Gasteiger partial charge in [-0.1, -0.05) is 0 Å². The van der Waals surface area contributed by atoms with Gasteiger partial charge in [-0.2, -0.15) is 0 Å². The van der Waals surface area contributed by atoms with Gasteiger partial charge in [0.1, 0.15) is 11.6 Å². The third kappa shape index (κ3) is 2.25. The average Bonchev–Trinajstić information content (AvgIpc) is 3.10. The number of nitrogens with one attached hydrogen (secondary N) is 1. The lowest BCUT2D eigenvalue weighted by Crippen LogP contribution is -2.19. The predicted octanol–water partition coefficient (Wildman–Crippen LogP) is 2.69. The molecule has 1 aromatic heterocycles. The van der Waals surface area contributed by atoms with Crippen molar-refractivity contribution in [3.05, 3.63) is 29.8 Å². The van der Waals surface area contributed by atoms with Gasteiger partial charge < -0.3 is 9.88 Å². The molecular formula is C14H18FN3. The minimum absolute atomic E-state index is 0.222. The van der Waals surface area contributed by atoms with E-state index in [1.165, 1.54) is 25.0 Å². The summed E-state index contributed by atoms with van der Waals surface area (Å²) >= 11 is 0. The first-order valence-electron chi connectivity index (χ1n) is 6.63. The van der Waals surface area contributed by atoms with E-state index < -0.39 is 0 Å². The molecule has 1 heterocycles. The van der Waals surface area contributed by atoms with E-state index >= 15 is 0 Å². The van der Waals surface area contributed by atoms with Gasteiger partial charge in [0.2, 0.25) is 0 Å². The fourth-order valence-electron chi connectivity index (χ4n) is 2.35. The minimum atomic E-state index is -0.222. The van der Waals surface area contributed by atoms with Gasteiger partial charge in [-0.25, -0.2) is 9.37 Å². The fraction of sp³-hybridized carbons (Fsp3) is 0.500. The van der Waals surface area contributed by atoms with E-state index in [2.05, 4.69) is 21.8 Å². The van der Waals surface area contributed by atoms with Crippen LogP contribution in [-0.2, 0) is 13.1 Å². The topological polar surface area (TPSA) is 29.9 Å². The van der Waals surface area contributed by atoms with Crippen LogP contribution < -0.4 is 5.32 Å². The molecule has 0 atom stereocenters. The Bertz CT molecular complexity index is 557. The summed E-state index contributed by atoms with van der Waals surface area (Å²) in [6.45, 7) is 4.79. The van der Waals surface area contributed by atoms with Gasteiger partial charge in [0.15, 0.2) is 0 Å². The Hall–Kier alpha value is -1.42. The van der Waals surface area contributed by atoms with Crippen molar-refractivity contribution in [3.8, 4) is 0 Å². The van der Waals surface area contributed by atoms with Crippen molar-refractivity contribution in [3.63, 3.8) is 0 Å². The Balaban J connectivity index is 1.84. The summed E-state index contributed by atoms with van der Waals surface area (Å²) in [5, 5.41) is 3.44. The van der Waals surface area contributed by atoms with Crippen molar-refractivity contribution in [2.24, 2.45) is 5.92 Å². The monoisotopic (exact) mass is 247 g/mol. The highest BCUT2D eigenvalue weighted by Crippen LogP contribution is 2.27. The van der Waals surface area contributed by atoms with Crippen LogP contribution in [0, 0.1) is 11.7 Å². The van der Waals surface area contributed by atoms with Gasteiger partial charge in [0.25, 0.3) is 0 Å². The van der Waals surface area contributed by atoms with Crippen LogP contribution in [0.15, 0.2) is 18.2 Å². The zero-order valence-corrected chi connectivity index (χ0v) is 10.6. The largest absolute Gasteiger partial charge is 0.327 e. The van der Waals surface area contributed by atoms with E-state index in [0.717, 1.165) is 42.4 Å². The van der Waals surface area contributed by atoms with Crippen LogP contribution in [0.2, 0.25) is 0 Å². The van der Waals surface area contributed by atoms with Crippen LogP contribution in [0.3, 0.4) is 0 Å². The zero-order valence-electron chi connectivity index (χ0n) is 10.6. The highest BCUT2D eigenvalue weighted by Gasteiger charge is 2.20. The molecule has 0 unspecified atom stereocenters. The molecule has 0 bridgehead atoms. The predicted molar refractivity (Wildman–Crippen MR) is 69.8 cm³/mol. The van der Waals surface area contributed by atoms with Gasteiger partial charge in [0, 0.05) is 12.6 Å². The SMILES string of the molecule is CCn1c(CNCC2CC2)nc2cc(F)ccc21. The molecule has 0 radical (unpaired) electrons. The van der Waals surface area contributed by atoms with Crippen molar-refractivity contribution in [2.45, 2.75) is 32.9 Å². The number of aromatic nitrogens is 2. The summed E-state index contributed by atoms with van der Waals surface area (Å²) in [4.78, 5) is 4.52. The molecule has 96 valence electrons. The number of nitrogens with zero attached hydrogens (tertiary/aromatic N) is 2. The highest BCUT2D eigenvalue weighted by molar-refractivity contribution is 5.76. The first kappa shape index (κ1) is 11.7. The Morgan fingerprint density at radius 1 is 1.44 bits per heavy atom. The van der Waals surface area contributed by atoms with Gasteiger partial charge in [-0.15, -0.1) is 0 Å². The van der Waals surface area contributed by atoms with Crippen LogP contribution in [0.1, 0.15) is 25.6 Å². The lowest BCUT2D eigenvalue weighted by Gasteiger charge is -2.06. The van der Waals surface area contributed by atoms with E-state index in [1.54, 1.807) is 0 Å². The summed E-state index contributed by atoms with van der Waals surface area (Å²) in [6.07, 6.45) is 2.70. The molecule has 0 spiro atoms. The number of rotatable bonds is 5. The number of hydrogen-bond acceptors (Lipinski definition) is 2. The molecule has 0 aliphatic heterocycles. The van der Waals surface area contributed by atoms with Crippen molar-refractivity contribution in [2.75, 3.05) is 6.54 Å². The summed E-state index contributed by atoms with van der Waals surface area (Å²) in [7, 11) is 0. The van der Waals surface area contributed by atoms with E-state index in [0.29, 0.717) is 0 Å². The number of halogens is 1.